The van der Waals surface area contributed by atoms with Crippen LogP contribution in [0.15, 0.2) is 36.4 Å². The molecule has 2 aromatic rings. The fourth-order valence-electron chi connectivity index (χ4n) is 4.09. The van der Waals surface area contributed by atoms with Gasteiger partial charge in [-0.05, 0) is 67.6 Å². The van der Waals surface area contributed by atoms with Crippen molar-refractivity contribution in [3.05, 3.63) is 58.1 Å². The molecule has 0 unspecified atom stereocenters. The number of nitrogens with zero attached hydrogens (tertiary/aromatic N) is 1. The van der Waals surface area contributed by atoms with Gasteiger partial charge in [-0.25, -0.2) is 4.79 Å². The van der Waals surface area contributed by atoms with E-state index in [-0.39, 0.29) is 17.6 Å². The highest BCUT2D eigenvalue weighted by Gasteiger charge is 2.49. The Labute approximate surface area is 166 Å². The number of rotatable bonds is 3. The molecule has 1 amide bonds. The predicted octanol–water partition coefficient (Wildman–Crippen LogP) is 4.12. The van der Waals surface area contributed by atoms with Crippen LogP contribution in [0.1, 0.15) is 47.2 Å². The van der Waals surface area contributed by atoms with Gasteiger partial charge in [0, 0.05) is 5.69 Å². The molecule has 1 spiro atoms. The number of fused-ring (bicyclic) bond motifs is 2. The van der Waals surface area contributed by atoms with Crippen LogP contribution in [0.25, 0.3) is 0 Å². The summed E-state index contributed by atoms with van der Waals surface area (Å²) in [6.07, 6.45) is 2.30. The molecule has 0 radical (unpaired) electrons. The number of anilines is 1. The second-order valence-electron chi connectivity index (χ2n) is 7.18. The van der Waals surface area contributed by atoms with Crippen molar-refractivity contribution in [2.45, 2.75) is 37.2 Å². The van der Waals surface area contributed by atoms with Gasteiger partial charge in [0.15, 0.2) is 0 Å². The Bertz CT molecular complexity index is 1020. The molecule has 2 aliphatic rings. The minimum atomic E-state index is -1.01. The molecule has 28 heavy (non-hydrogen) atoms. The lowest BCUT2D eigenvalue weighted by Crippen LogP contribution is -2.41. The number of carboxylic acids is 1. The van der Waals surface area contributed by atoms with E-state index in [1.807, 2.05) is 6.07 Å². The Kier molecular flexibility index (Phi) is 4.48. The van der Waals surface area contributed by atoms with Crippen LogP contribution < -0.4 is 10.1 Å². The number of benzene rings is 2. The number of nitriles is 1. The average molecular weight is 397 g/mol. The Balaban J connectivity index is 1.53. The molecule has 1 aliphatic heterocycles. The van der Waals surface area contributed by atoms with Gasteiger partial charge in [0.05, 0.1) is 33.7 Å². The van der Waals surface area contributed by atoms with Crippen molar-refractivity contribution >= 4 is 29.2 Å². The van der Waals surface area contributed by atoms with Gasteiger partial charge < -0.3 is 15.2 Å². The normalized spacial score (nSPS) is 23.0. The molecular weight excluding hydrogens is 380 g/mol. The molecule has 4 rings (SSSR count). The van der Waals surface area contributed by atoms with Gasteiger partial charge in [0.1, 0.15) is 5.75 Å². The second-order valence-corrected chi connectivity index (χ2v) is 7.58. The molecule has 2 aromatic carbocycles. The van der Waals surface area contributed by atoms with E-state index in [4.69, 9.17) is 21.6 Å². The van der Waals surface area contributed by atoms with Gasteiger partial charge in [-0.3, -0.25) is 4.79 Å². The van der Waals surface area contributed by atoms with Crippen molar-refractivity contribution in [2.24, 2.45) is 0 Å². The van der Waals surface area contributed by atoms with Crippen LogP contribution in [-0.4, -0.2) is 23.1 Å². The van der Waals surface area contributed by atoms with Crippen LogP contribution in [0.2, 0.25) is 5.02 Å². The summed E-state index contributed by atoms with van der Waals surface area (Å²) in [5.74, 6) is -0.573. The predicted molar refractivity (Wildman–Crippen MR) is 103 cm³/mol. The zero-order valence-electron chi connectivity index (χ0n) is 14.9. The maximum absolute atomic E-state index is 12.7. The van der Waals surface area contributed by atoms with Crippen molar-refractivity contribution in [1.29, 1.82) is 5.26 Å². The monoisotopic (exact) mass is 396 g/mol. The molecule has 1 heterocycles. The van der Waals surface area contributed by atoms with Crippen LogP contribution in [0, 0.1) is 11.3 Å². The van der Waals surface area contributed by atoms with E-state index in [0.29, 0.717) is 47.7 Å². The van der Waals surface area contributed by atoms with Crippen molar-refractivity contribution < 1.29 is 19.4 Å². The lowest BCUT2D eigenvalue weighted by Gasteiger charge is -2.36. The maximum atomic E-state index is 12.7. The topological polar surface area (TPSA) is 99.4 Å². The highest BCUT2D eigenvalue weighted by atomic mass is 35.5. The van der Waals surface area contributed by atoms with Gasteiger partial charge in [-0.2, -0.15) is 5.26 Å². The van der Waals surface area contributed by atoms with Crippen molar-refractivity contribution in [1.82, 2.24) is 0 Å². The minimum absolute atomic E-state index is 0.0834. The summed E-state index contributed by atoms with van der Waals surface area (Å²) in [7, 11) is 0. The minimum Gasteiger partial charge on any atom is -0.489 e. The second kappa shape index (κ2) is 6.84. The number of amides is 1. The van der Waals surface area contributed by atoms with Crippen LogP contribution >= 0.6 is 11.6 Å². The van der Waals surface area contributed by atoms with Gasteiger partial charge in [0.2, 0.25) is 5.91 Å². The highest BCUT2D eigenvalue weighted by molar-refractivity contribution is 6.32. The van der Waals surface area contributed by atoms with E-state index < -0.39 is 11.4 Å². The van der Waals surface area contributed by atoms with E-state index in [9.17, 15) is 14.7 Å². The number of carbonyl (C=O) groups excluding carboxylic acids is 1. The molecular formula is C21H17ClN2O4. The third kappa shape index (κ3) is 2.98. The molecule has 142 valence electrons. The molecule has 0 atom stereocenters. The highest BCUT2D eigenvalue weighted by Crippen LogP contribution is 2.48. The van der Waals surface area contributed by atoms with Gasteiger partial charge in [-0.1, -0.05) is 11.6 Å². The number of carboxylic acid groups (broad SMARTS) is 1. The third-order valence-electron chi connectivity index (χ3n) is 5.61. The summed E-state index contributed by atoms with van der Waals surface area (Å²) in [4.78, 5) is 24.1. The number of carbonyl (C=O) groups is 2. The summed E-state index contributed by atoms with van der Waals surface area (Å²) in [6.45, 7) is 0. The molecule has 1 aliphatic carbocycles. The molecule has 0 bridgehead atoms. The summed E-state index contributed by atoms with van der Waals surface area (Å²) in [5.41, 5.74) is 1.37. The maximum Gasteiger partial charge on any atom is 0.335 e. The van der Waals surface area contributed by atoms with E-state index in [2.05, 4.69) is 5.32 Å². The Hall–Kier alpha value is -3.04. The fourth-order valence-corrected chi connectivity index (χ4v) is 4.32. The van der Waals surface area contributed by atoms with Crippen LogP contribution in [0.4, 0.5) is 5.69 Å². The first kappa shape index (κ1) is 18.3. The quantitative estimate of drug-likeness (QED) is 0.812. The van der Waals surface area contributed by atoms with Crippen LogP contribution in [0.5, 0.6) is 5.75 Å². The van der Waals surface area contributed by atoms with E-state index in [0.717, 1.165) is 5.56 Å². The number of hydrogen-bond donors (Lipinski definition) is 2. The Morgan fingerprint density at radius 2 is 2.00 bits per heavy atom. The molecule has 2 N–H and O–H groups in total. The van der Waals surface area contributed by atoms with Gasteiger partial charge >= 0.3 is 5.97 Å². The first-order valence-corrected chi connectivity index (χ1v) is 9.36. The van der Waals surface area contributed by atoms with Crippen molar-refractivity contribution in [3.8, 4) is 11.8 Å². The molecule has 0 saturated heterocycles. The zero-order chi connectivity index (χ0) is 19.9. The number of ether oxygens (including phenoxy) is 1. The summed E-state index contributed by atoms with van der Waals surface area (Å²) in [6, 6.07) is 11.7. The summed E-state index contributed by atoms with van der Waals surface area (Å²) in [5, 5.41) is 21.5. The Morgan fingerprint density at radius 1 is 1.25 bits per heavy atom. The third-order valence-corrected chi connectivity index (χ3v) is 5.90. The van der Waals surface area contributed by atoms with Crippen LogP contribution in [0.3, 0.4) is 0 Å². The number of aromatic carboxylic acids is 1. The smallest absolute Gasteiger partial charge is 0.335 e. The zero-order valence-corrected chi connectivity index (χ0v) is 15.6. The largest absolute Gasteiger partial charge is 0.489 e. The van der Waals surface area contributed by atoms with E-state index in [1.54, 1.807) is 30.3 Å². The van der Waals surface area contributed by atoms with Crippen molar-refractivity contribution in [3.63, 3.8) is 0 Å². The van der Waals surface area contributed by atoms with Gasteiger partial charge in [0.25, 0.3) is 0 Å². The fraction of sp³-hybridized carbons (Fsp3) is 0.286. The summed E-state index contributed by atoms with van der Waals surface area (Å²) < 4.78 is 6.01. The SMILES string of the molecule is N#Cc1ccc(OC2CCC3(CC2)C(=O)Nc2ccc(C(=O)O)cc23)c(Cl)c1. The molecule has 0 aromatic heterocycles. The average Bonchev–Trinajstić information content (AvgIpc) is 2.96. The van der Waals surface area contributed by atoms with Gasteiger partial charge in [-0.15, -0.1) is 0 Å². The molecule has 1 fully saturated rings. The van der Waals surface area contributed by atoms with Crippen molar-refractivity contribution in [2.75, 3.05) is 5.32 Å². The number of hydrogen-bond acceptors (Lipinski definition) is 4. The number of halogens is 1. The first-order valence-electron chi connectivity index (χ1n) is 8.98. The van der Waals surface area contributed by atoms with E-state index >= 15 is 0 Å². The number of nitrogens with one attached hydrogen (secondary N) is 1. The first-order chi connectivity index (χ1) is 13.4. The molecule has 6 nitrogen and oxygen atoms in total. The molecule has 1 saturated carbocycles. The molecule has 7 heteroatoms. The Morgan fingerprint density at radius 3 is 2.64 bits per heavy atom. The van der Waals surface area contributed by atoms with Crippen LogP contribution in [-0.2, 0) is 10.2 Å². The summed E-state index contributed by atoms with van der Waals surface area (Å²) >= 11 is 6.19. The lowest BCUT2D eigenvalue weighted by molar-refractivity contribution is -0.122. The van der Waals surface area contributed by atoms with E-state index in [1.165, 1.54) is 6.07 Å². The lowest BCUT2D eigenvalue weighted by atomic mass is 9.69. The standard InChI is InChI=1S/C21H17ClN2O4/c22-16-9-12(11-23)1-4-18(16)28-14-5-7-21(8-6-14)15-10-13(19(25)26)2-3-17(15)24-20(21)27/h1-4,9-10,14H,5-8H2,(H,24,27)(H,25,26).